The van der Waals surface area contributed by atoms with Gasteiger partial charge in [0.1, 0.15) is 11.7 Å². The first-order chi connectivity index (χ1) is 7.15. The van der Waals surface area contributed by atoms with Gasteiger partial charge < -0.3 is 4.79 Å². The standard InChI is InChI=1S/C8H8N4O3/c1-4-5-6(11-10-4)12(2-3-13)8(15)9-7(5)14/h3H,2H2,1H3,(H,10,11)(H,9,14,15). The third kappa shape index (κ3) is 1.28. The number of nitrogens with one attached hydrogen (secondary N) is 2. The van der Waals surface area contributed by atoms with Gasteiger partial charge in [-0.15, -0.1) is 0 Å². The van der Waals surface area contributed by atoms with Crippen molar-refractivity contribution >= 4 is 17.3 Å². The number of nitrogens with zero attached hydrogens (tertiary/aromatic N) is 2. The summed E-state index contributed by atoms with van der Waals surface area (Å²) in [4.78, 5) is 35.3. The molecule has 2 aromatic rings. The van der Waals surface area contributed by atoms with Crippen LogP contribution in [0.5, 0.6) is 0 Å². The summed E-state index contributed by atoms with van der Waals surface area (Å²) in [6.45, 7) is 1.54. The van der Waals surface area contributed by atoms with Crippen molar-refractivity contribution in [1.29, 1.82) is 0 Å². The lowest BCUT2D eigenvalue weighted by molar-refractivity contribution is -0.108. The molecule has 7 nitrogen and oxygen atoms in total. The van der Waals surface area contributed by atoms with E-state index in [1.54, 1.807) is 6.92 Å². The van der Waals surface area contributed by atoms with Crippen LogP contribution in [0.1, 0.15) is 5.69 Å². The number of aromatic amines is 2. The molecule has 0 saturated carbocycles. The highest BCUT2D eigenvalue weighted by atomic mass is 16.2. The summed E-state index contributed by atoms with van der Waals surface area (Å²) in [5.41, 5.74) is -0.367. The van der Waals surface area contributed by atoms with Crippen LogP contribution < -0.4 is 11.2 Å². The molecule has 0 unspecified atom stereocenters. The Labute approximate surface area is 82.7 Å². The Morgan fingerprint density at radius 3 is 2.87 bits per heavy atom. The van der Waals surface area contributed by atoms with E-state index < -0.39 is 11.2 Å². The van der Waals surface area contributed by atoms with Crippen LogP contribution in [0.25, 0.3) is 11.0 Å². The molecule has 0 aromatic carbocycles. The second-order valence-corrected chi connectivity index (χ2v) is 3.08. The van der Waals surface area contributed by atoms with E-state index in [1.165, 1.54) is 0 Å². The fraction of sp³-hybridized carbons (Fsp3) is 0.250. The molecular weight excluding hydrogens is 200 g/mol. The van der Waals surface area contributed by atoms with Crippen molar-refractivity contribution in [3.05, 3.63) is 26.5 Å². The maximum atomic E-state index is 11.4. The number of rotatable bonds is 2. The monoisotopic (exact) mass is 208 g/mol. The Kier molecular flexibility index (Phi) is 2.00. The molecule has 7 heteroatoms. The molecule has 2 heterocycles. The van der Waals surface area contributed by atoms with Gasteiger partial charge in [0.25, 0.3) is 5.56 Å². The molecule has 0 bridgehead atoms. The predicted octanol–water partition coefficient (Wildman–Crippen LogP) is -1.08. The highest BCUT2D eigenvalue weighted by molar-refractivity contribution is 5.77. The molecule has 2 rings (SSSR count). The summed E-state index contributed by atoms with van der Waals surface area (Å²) in [6.07, 6.45) is 0.573. The van der Waals surface area contributed by atoms with Crippen molar-refractivity contribution in [1.82, 2.24) is 19.7 Å². The van der Waals surface area contributed by atoms with Crippen molar-refractivity contribution in [2.24, 2.45) is 0 Å². The Morgan fingerprint density at radius 1 is 1.47 bits per heavy atom. The minimum absolute atomic E-state index is 0.129. The van der Waals surface area contributed by atoms with Gasteiger partial charge in [0.2, 0.25) is 0 Å². The minimum Gasteiger partial charge on any atom is -0.301 e. The quantitative estimate of drug-likeness (QED) is 0.613. The maximum Gasteiger partial charge on any atom is 0.330 e. The zero-order valence-electron chi connectivity index (χ0n) is 7.90. The van der Waals surface area contributed by atoms with Crippen molar-refractivity contribution in [3.63, 3.8) is 0 Å². The Bertz CT molecular complexity index is 633. The second-order valence-electron chi connectivity index (χ2n) is 3.08. The van der Waals surface area contributed by atoms with E-state index in [9.17, 15) is 14.4 Å². The molecule has 0 atom stereocenters. The number of fused-ring (bicyclic) bond motifs is 1. The molecular formula is C8H8N4O3. The summed E-state index contributed by atoms with van der Waals surface area (Å²) >= 11 is 0. The van der Waals surface area contributed by atoms with E-state index in [-0.39, 0.29) is 12.2 Å². The third-order valence-corrected chi connectivity index (χ3v) is 2.13. The summed E-state index contributed by atoms with van der Waals surface area (Å²) in [5, 5.41) is 6.72. The van der Waals surface area contributed by atoms with Crippen LogP contribution in [-0.2, 0) is 11.3 Å². The number of carbonyl (C=O) groups excluding carboxylic acids is 1. The molecule has 0 spiro atoms. The van der Waals surface area contributed by atoms with E-state index >= 15 is 0 Å². The first-order valence-corrected chi connectivity index (χ1v) is 4.26. The normalized spacial score (nSPS) is 10.7. The van der Waals surface area contributed by atoms with Crippen LogP contribution in [-0.4, -0.2) is 26.0 Å². The molecule has 0 saturated heterocycles. The zero-order valence-corrected chi connectivity index (χ0v) is 7.90. The lowest BCUT2D eigenvalue weighted by Crippen LogP contribution is -2.30. The summed E-state index contributed by atoms with van der Waals surface area (Å²) < 4.78 is 1.10. The van der Waals surface area contributed by atoms with Crippen molar-refractivity contribution in [2.75, 3.05) is 0 Å². The molecule has 15 heavy (non-hydrogen) atoms. The number of aromatic nitrogens is 4. The number of hydrogen-bond donors (Lipinski definition) is 2. The minimum atomic E-state index is -0.633. The number of aldehydes is 1. The van der Waals surface area contributed by atoms with Crippen molar-refractivity contribution in [2.45, 2.75) is 13.5 Å². The maximum absolute atomic E-state index is 11.4. The molecule has 0 aliphatic rings. The largest absolute Gasteiger partial charge is 0.330 e. The average molecular weight is 208 g/mol. The smallest absolute Gasteiger partial charge is 0.301 e. The fourth-order valence-corrected chi connectivity index (χ4v) is 1.45. The Balaban J connectivity index is 2.97. The third-order valence-electron chi connectivity index (χ3n) is 2.13. The molecule has 0 aliphatic carbocycles. The van der Waals surface area contributed by atoms with Crippen LogP contribution in [0.15, 0.2) is 9.59 Å². The van der Waals surface area contributed by atoms with Crippen molar-refractivity contribution < 1.29 is 4.79 Å². The van der Waals surface area contributed by atoms with E-state index in [1.807, 2.05) is 0 Å². The summed E-state index contributed by atoms with van der Waals surface area (Å²) in [7, 11) is 0. The molecule has 0 amide bonds. The van der Waals surface area contributed by atoms with Crippen LogP contribution in [0.3, 0.4) is 0 Å². The number of H-pyrrole nitrogens is 2. The van der Waals surface area contributed by atoms with Crippen LogP contribution in [0.4, 0.5) is 0 Å². The second kappa shape index (κ2) is 3.19. The molecule has 0 fully saturated rings. The average Bonchev–Trinajstić information content (AvgIpc) is 2.55. The highest BCUT2D eigenvalue weighted by Crippen LogP contribution is 2.06. The molecule has 78 valence electrons. The van der Waals surface area contributed by atoms with E-state index in [0.717, 1.165) is 4.57 Å². The van der Waals surface area contributed by atoms with E-state index in [0.29, 0.717) is 17.4 Å². The SMILES string of the molecule is Cc1[nH]nc2c1c(=O)[nH]c(=O)n2CC=O. The number of hydrogen-bond acceptors (Lipinski definition) is 4. The highest BCUT2D eigenvalue weighted by Gasteiger charge is 2.11. The van der Waals surface area contributed by atoms with Gasteiger partial charge in [-0.1, -0.05) is 0 Å². The molecule has 0 aliphatic heterocycles. The zero-order chi connectivity index (χ0) is 11.0. The van der Waals surface area contributed by atoms with Crippen LogP contribution in [0, 0.1) is 6.92 Å². The molecule has 0 radical (unpaired) electrons. The Hall–Kier alpha value is -2.18. The topological polar surface area (TPSA) is 101 Å². The van der Waals surface area contributed by atoms with Crippen LogP contribution >= 0.6 is 0 Å². The first-order valence-electron chi connectivity index (χ1n) is 4.26. The van der Waals surface area contributed by atoms with Gasteiger partial charge in [-0.05, 0) is 6.92 Å². The predicted molar refractivity (Wildman–Crippen MR) is 51.8 cm³/mol. The van der Waals surface area contributed by atoms with Crippen LogP contribution in [0.2, 0.25) is 0 Å². The van der Waals surface area contributed by atoms with Gasteiger partial charge in [0.15, 0.2) is 5.65 Å². The number of aryl methyl sites for hydroxylation is 1. The fourth-order valence-electron chi connectivity index (χ4n) is 1.45. The Morgan fingerprint density at radius 2 is 2.20 bits per heavy atom. The summed E-state index contributed by atoms with van der Waals surface area (Å²) in [6, 6.07) is 0. The first kappa shape index (κ1) is 9.38. The summed E-state index contributed by atoms with van der Waals surface area (Å²) in [5.74, 6) is 0. The van der Waals surface area contributed by atoms with E-state index in [4.69, 9.17) is 0 Å². The van der Waals surface area contributed by atoms with Gasteiger partial charge in [0.05, 0.1) is 6.54 Å². The van der Waals surface area contributed by atoms with Gasteiger partial charge in [-0.3, -0.25) is 19.4 Å². The van der Waals surface area contributed by atoms with E-state index in [2.05, 4.69) is 15.2 Å². The lowest BCUT2D eigenvalue weighted by Gasteiger charge is -1.99. The van der Waals surface area contributed by atoms with Gasteiger partial charge in [-0.25, -0.2) is 4.79 Å². The van der Waals surface area contributed by atoms with Gasteiger partial charge >= 0.3 is 5.69 Å². The lowest BCUT2D eigenvalue weighted by atomic mass is 10.3. The number of carbonyl (C=O) groups is 1. The van der Waals surface area contributed by atoms with Crippen molar-refractivity contribution in [3.8, 4) is 0 Å². The molecule has 2 N–H and O–H groups in total. The van der Waals surface area contributed by atoms with Gasteiger partial charge in [0, 0.05) is 5.69 Å². The molecule has 2 aromatic heterocycles. The van der Waals surface area contributed by atoms with Gasteiger partial charge in [-0.2, -0.15) is 5.10 Å².